The maximum atomic E-state index is 12.2. The fourth-order valence-corrected chi connectivity index (χ4v) is 1.95. The molecule has 0 radical (unpaired) electrons. The summed E-state index contributed by atoms with van der Waals surface area (Å²) < 4.78 is 4.81. The highest BCUT2D eigenvalue weighted by Crippen LogP contribution is 2.47. The van der Waals surface area contributed by atoms with Crippen LogP contribution >= 0.6 is 0 Å². The van der Waals surface area contributed by atoms with Gasteiger partial charge in [-0.3, -0.25) is 9.59 Å². The largest absolute Gasteiger partial charge is 0.393 e. The van der Waals surface area contributed by atoms with Gasteiger partial charge in [-0.2, -0.15) is 0 Å². The predicted octanol–water partition coefficient (Wildman–Crippen LogP) is 3.56. The Morgan fingerprint density at radius 2 is 1.35 bits per heavy atom. The van der Waals surface area contributed by atoms with Crippen LogP contribution in [-0.2, 0) is 14.3 Å². The normalized spacial score (nSPS) is 16.2. The second kappa shape index (κ2) is 4.79. The number of ether oxygens (including phenoxy) is 1. The topological polar surface area (TPSA) is 43.4 Å². The van der Waals surface area contributed by atoms with Crippen molar-refractivity contribution < 1.29 is 14.3 Å². The van der Waals surface area contributed by atoms with Gasteiger partial charge in [-0.1, -0.05) is 41.5 Å². The summed E-state index contributed by atoms with van der Waals surface area (Å²) in [5.74, 6) is -0.966. The molecule has 0 N–H and O–H groups in total. The van der Waals surface area contributed by atoms with Crippen molar-refractivity contribution in [3.63, 3.8) is 0 Å². The Labute approximate surface area is 105 Å². The molecule has 0 rings (SSSR count). The molecule has 17 heavy (non-hydrogen) atoms. The highest BCUT2D eigenvalue weighted by Gasteiger charge is 2.48. The fraction of sp³-hybridized carbons (Fsp3) is 0.857. The molecule has 0 aliphatic heterocycles. The zero-order valence-electron chi connectivity index (χ0n) is 12.4. The molecule has 0 bridgehead atoms. The average molecular weight is 242 g/mol. The van der Waals surface area contributed by atoms with Crippen molar-refractivity contribution in [3.05, 3.63) is 0 Å². The van der Waals surface area contributed by atoms with Gasteiger partial charge in [-0.25, -0.2) is 0 Å². The van der Waals surface area contributed by atoms with Crippen molar-refractivity contribution in [2.45, 2.75) is 61.8 Å². The second-order valence-corrected chi connectivity index (χ2v) is 7.20. The predicted molar refractivity (Wildman–Crippen MR) is 68.4 cm³/mol. The van der Waals surface area contributed by atoms with Crippen LogP contribution in [0.15, 0.2) is 0 Å². The van der Waals surface area contributed by atoms with Crippen molar-refractivity contribution in [3.8, 4) is 0 Å². The van der Waals surface area contributed by atoms with E-state index < -0.39 is 17.4 Å². The molecular weight excluding hydrogens is 216 g/mol. The van der Waals surface area contributed by atoms with Gasteiger partial charge in [0.15, 0.2) is 0 Å². The molecule has 0 aliphatic carbocycles. The van der Waals surface area contributed by atoms with E-state index in [2.05, 4.69) is 20.8 Å². The lowest BCUT2D eigenvalue weighted by Crippen LogP contribution is -2.44. The van der Waals surface area contributed by atoms with Gasteiger partial charge in [0.2, 0.25) is 0 Å². The molecule has 3 heteroatoms. The third-order valence-corrected chi connectivity index (χ3v) is 3.23. The Morgan fingerprint density at radius 1 is 0.941 bits per heavy atom. The van der Waals surface area contributed by atoms with Gasteiger partial charge in [0.05, 0.1) is 5.41 Å². The third kappa shape index (κ3) is 4.49. The second-order valence-electron chi connectivity index (χ2n) is 7.20. The highest BCUT2D eigenvalue weighted by molar-refractivity contribution is 5.88. The van der Waals surface area contributed by atoms with E-state index in [9.17, 15) is 9.59 Å². The van der Waals surface area contributed by atoms with Gasteiger partial charge < -0.3 is 4.74 Å². The van der Waals surface area contributed by atoms with E-state index in [1.54, 1.807) is 0 Å². The van der Waals surface area contributed by atoms with Gasteiger partial charge in [0.1, 0.15) is 0 Å². The first-order valence-electron chi connectivity index (χ1n) is 6.02. The van der Waals surface area contributed by atoms with Gasteiger partial charge >= 0.3 is 11.9 Å². The molecule has 0 saturated heterocycles. The Bertz CT molecular complexity index is 304. The maximum absolute atomic E-state index is 12.2. The summed E-state index contributed by atoms with van der Waals surface area (Å²) in [4.78, 5) is 23.1. The van der Waals surface area contributed by atoms with Crippen LogP contribution in [-0.4, -0.2) is 11.9 Å². The van der Waals surface area contributed by atoms with Crippen molar-refractivity contribution in [1.82, 2.24) is 0 Å². The SMILES string of the molecule is CC(=O)OC(=O)C(C)(CC(C)(C)C)C(C)(C)C. The maximum Gasteiger partial charge on any atom is 0.319 e. The third-order valence-electron chi connectivity index (χ3n) is 3.23. The Hall–Kier alpha value is -0.860. The summed E-state index contributed by atoms with van der Waals surface area (Å²) in [5, 5.41) is 0. The first kappa shape index (κ1) is 16.1. The minimum absolute atomic E-state index is 0.00214. The van der Waals surface area contributed by atoms with Crippen molar-refractivity contribution in [1.29, 1.82) is 0 Å². The summed E-state index contributed by atoms with van der Waals surface area (Å²) in [5.41, 5.74) is -0.929. The van der Waals surface area contributed by atoms with Gasteiger partial charge in [-0.15, -0.1) is 0 Å². The van der Waals surface area contributed by atoms with E-state index in [1.807, 2.05) is 27.7 Å². The molecule has 0 aromatic carbocycles. The highest BCUT2D eigenvalue weighted by atomic mass is 16.6. The molecule has 1 atom stereocenters. The number of hydrogen-bond donors (Lipinski definition) is 0. The molecule has 0 heterocycles. The molecule has 1 unspecified atom stereocenters. The van der Waals surface area contributed by atoms with E-state index in [1.165, 1.54) is 6.92 Å². The minimum Gasteiger partial charge on any atom is -0.393 e. The zero-order valence-corrected chi connectivity index (χ0v) is 12.4. The first-order valence-corrected chi connectivity index (χ1v) is 6.02. The average Bonchev–Trinajstić information content (AvgIpc) is 1.96. The summed E-state index contributed by atoms with van der Waals surface area (Å²) in [7, 11) is 0. The van der Waals surface area contributed by atoms with E-state index in [4.69, 9.17) is 4.74 Å². The van der Waals surface area contributed by atoms with E-state index >= 15 is 0 Å². The lowest BCUT2D eigenvalue weighted by Gasteiger charge is -2.43. The van der Waals surface area contributed by atoms with Crippen LogP contribution in [0, 0.1) is 16.2 Å². The molecule has 0 amide bonds. The minimum atomic E-state index is -0.670. The molecule has 0 spiro atoms. The summed E-state index contributed by atoms with van der Waals surface area (Å²) in [6.07, 6.45) is 0.676. The summed E-state index contributed by atoms with van der Waals surface area (Å²) in [6.45, 7) is 15.4. The summed E-state index contributed by atoms with van der Waals surface area (Å²) in [6, 6.07) is 0. The van der Waals surface area contributed by atoms with Crippen LogP contribution in [0.4, 0.5) is 0 Å². The number of carbonyl (C=O) groups excluding carboxylic acids is 2. The van der Waals surface area contributed by atoms with Crippen molar-refractivity contribution in [2.75, 3.05) is 0 Å². The van der Waals surface area contributed by atoms with Crippen LogP contribution in [0.3, 0.4) is 0 Å². The standard InChI is InChI=1S/C14H26O3/c1-10(15)17-11(16)14(8,13(5,6)7)9-12(2,3)4/h9H2,1-8H3. The Kier molecular flexibility index (Phi) is 4.55. The Morgan fingerprint density at radius 3 is 1.59 bits per heavy atom. The van der Waals surface area contributed by atoms with E-state index in [0.29, 0.717) is 6.42 Å². The van der Waals surface area contributed by atoms with Crippen molar-refractivity contribution in [2.24, 2.45) is 16.2 Å². The lowest BCUT2D eigenvalue weighted by molar-refractivity contribution is -0.172. The first-order chi connectivity index (χ1) is 7.29. The number of carbonyl (C=O) groups is 2. The smallest absolute Gasteiger partial charge is 0.319 e. The molecule has 0 aromatic rings. The lowest BCUT2D eigenvalue weighted by atomic mass is 9.61. The van der Waals surface area contributed by atoms with E-state index in [-0.39, 0.29) is 10.8 Å². The van der Waals surface area contributed by atoms with Crippen molar-refractivity contribution >= 4 is 11.9 Å². The molecule has 0 fully saturated rings. The van der Waals surface area contributed by atoms with Crippen LogP contribution in [0.5, 0.6) is 0 Å². The molecule has 0 aliphatic rings. The summed E-state index contributed by atoms with van der Waals surface area (Å²) >= 11 is 0. The zero-order chi connectivity index (χ0) is 14.1. The van der Waals surface area contributed by atoms with Gasteiger partial charge in [-0.05, 0) is 24.2 Å². The van der Waals surface area contributed by atoms with Crippen LogP contribution in [0.2, 0.25) is 0 Å². The van der Waals surface area contributed by atoms with Crippen LogP contribution in [0.25, 0.3) is 0 Å². The van der Waals surface area contributed by atoms with Gasteiger partial charge in [0, 0.05) is 6.92 Å². The fourth-order valence-electron chi connectivity index (χ4n) is 1.95. The molecule has 3 nitrogen and oxygen atoms in total. The van der Waals surface area contributed by atoms with E-state index in [0.717, 1.165) is 0 Å². The quantitative estimate of drug-likeness (QED) is 0.549. The molecule has 100 valence electrons. The van der Waals surface area contributed by atoms with Crippen LogP contribution in [0.1, 0.15) is 61.8 Å². The van der Waals surface area contributed by atoms with Gasteiger partial charge in [0.25, 0.3) is 0 Å². The van der Waals surface area contributed by atoms with Crippen LogP contribution < -0.4 is 0 Å². The Balaban J connectivity index is 5.26. The number of hydrogen-bond acceptors (Lipinski definition) is 3. The molecule has 0 aromatic heterocycles. The molecule has 0 saturated carbocycles. The monoisotopic (exact) mass is 242 g/mol. The number of esters is 2. The molecular formula is C14H26O3. The number of rotatable bonds is 2.